The second kappa shape index (κ2) is 5.17. The van der Waals surface area contributed by atoms with Crippen molar-refractivity contribution < 1.29 is 0 Å². The summed E-state index contributed by atoms with van der Waals surface area (Å²) in [5.41, 5.74) is 5.13. The van der Waals surface area contributed by atoms with Crippen molar-refractivity contribution in [1.82, 2.24) is 15.1 Å². The summed E-state index contributed by atoms with van der Waals surface area (Å²) in [6, 6.07) is 8.42. The van der Waals surface area contributed by atoms with Gasteiger partial charge in [-0.15, -0.1) is 0 Å². The predicted octanol–water partition coefficient (Wildman–Crippen LogP) is 2.96. The number of rotatable bonds is 2. The fraction of sp³-hybridized carbons (Fsp3) is 0.438. The molecule has 1 N–H and O–H groups in total. The molecule has 0 amide bonds. The molecule has 19 heavy (non-hydrogen) atoms. The molecule has 1 aliphatic rings. The van der Waals surface area contributed by atoms with Crippen LogP contribution in [0.25, 0.3) is 5.69 Å². The van der Waals surface area contributed by atoms with E-state index in [2.05, 4.69) is 59.4 Å². The van der Waals surface area contributed by atoms with Gasteiger partial charge in [0.15, 0.2) is 0 Å². The Morgan fingerprint density at radius 3 is 2.84 bits per heavy atom. The molecule has 2 aromatic rings. The molecule has 0 radical (unpaired) electrons. The third-order valence-electron chi connectivity index (χ3n) is 4.13. The van der Waals surface area contributed by atoms with Crippen LogP contribution in [-0.2, 0) is 0 Å². The van der Waals surface area contributed by atoms with Crippen LogP contribution in [0.3, 0.4) is 0 Å². The van der Waals surface area contributed by atoms with Gasteiger partial charge in [0.1, 0.15) is 0 Å². The van der Waals surface area contributed by atoms with Gasteiger partial charge in [0.2, 0.25) is 0 Å². The summed E-state index contributed by atoms with van der Waals surface area (Å²) in [6.45, 7) is 6.56. The monoisotopic (exact) mass is 255 g/mol. The number of hydrogen-bond acceptors (Lipinski definition) is 2. The zero-order valence-corrected chi connectivity index (χ0v) is 11.7. The van der Waals surface area contributed by atoms with Crippen LogP contribution in [0.15, 0.2) is 30.5 Å². The molecule has 1 unspecified atom stereocenters. The van der Waals surface area contributed by atoms with E-state index in [1.54, 1.807) is 0 Å². The van der Waals surface area contributed by atoms with Gasteiger partial charge in [-0.3, -0.25) is 0 Å². The molecule has 0 spiro atoms. The number of nitrogens with one attached hydrogen (secondary N) is 1. The lowest BCUT2D eigenvalue weighted by Crippen LogP contribution is -2.28. The van der Waals surface area contributed by atoms with Gasteiger partial charge in [-0.25, -0.2) is 4.68 Å². The van der Waals surface area contributed by atoms with E-state index in [-0.39, 0.29) is 0 Å². The maximum Gasteiger partial charge on any atom is 0.0677 e. The minimum atomic E-state index is 0.617. The van der Waals surface area contributed by atoms with E-state index in [0.29, 0.717) is 5.92 Å². The Morgan fingerprint density at radius 1 is 1.26 bits per heavy atom. The standard InChI is InChI=1S/C16H21N3/c1-12-6-3-4-8-16(12)19-13(2)15(11-18-19)14-7-5-9-17-10-14/h3-4,6,8,11,14,17H,5,7,9-10H2,1-2H3. The fourth-order valence-corrected chi connectivity index (χ4v) is 2.98. The SMILES string of the molecule is Cc1ccccc1-n1ncc(C2CCCNC2)c1C. The van der Waals surface area contributed by atoms with Crippen molar-refractivity contribution in [3.05, 3.63) is 47.3 Å². The zero-order chi connectivity index (χ0) is 13.2. The van der Waals surface area contributed by atoms with Gasteiger partial charge in [-0.05, 0) is 56.3 Å². The van der Waals surface area contributed by atoms with Gasteiger partial charge >= 0.3 is 0 Å². The predicted molar refractivity (Wildman–Crippen MR) is 77.9 cm³/mol. The van der Waals surface area contributed by atoms with E-state index in [0.717, 1.165) is 13.1 Å². The first-order valence-corrected chi connectivity index (χ1v) is 7.08. The lowest BCUT2D eigenvalue weighted by molar-refractivity contribution is 0.460. The molecule has 3 nitrogen and oxygen atoms in total. The van der Waals surface area contributed by atoms with Crippen molar-refractivity contribution in [1.29, 1.82) is 0 Å². The average Bonchev–Trinajstić information content (AvgIpc) is 2.82. The van der Waals surface area contributed by atoms with Crippen LogP contribution in [-0.4, -0.2) is 22.9 Å². The van der Waals surface area contributed by atoms with Gasteiger partial charge in [0.25, 0.3) is 0 Å². The van der Waals surface area contributed by atoms with E-state index < -0.39 is 0 Å². The maximum absolute atomic E-state index is 4.61. The Hall–Kier alpha value is -1.61. The van der Waals surface area contributed by atoms with Gasteiger partial charge in [0.05, 0.1) is 11.9 Å². The number of aryl methyl sites for hydroxylation is 1. The molecule has 1 aromatic carbocycles. The molecule has 0 saturated carbocycles. The van der Waals surface area contributed by atoms with Crippen LogP contribution in [0.5, 0.6) is 0 Å². The molecular weight excluding hydrogens is 234 g/mol. The largest absolute Gasteiger partial charge is 0.316 e. The van der Waals surface area contributed by atoms with Crippen LogP contribution in [0.2, 0.25) is 0 Å². The van der Waals surface area contributed by atoms with Crippen molar-refractivity contribution in [2.24, 2.45) is 0 Å². The normalized spacial score (nSPS) is 19.6. The molecule has 100 valence electrons. The molecule has 1 aromatic heterocycles. The minimum absolute atomic E-state index is 0.617. The quantitative estimate of drug-likeness (QED) is 0.894. The highest BCUT2D eigenvalue weighted by molar-refractivity contribution is 5.42. The van der Waals surface area contributed by atoms with Crippen LogP contribution in [0, 0.1) is 13.8 Å². The molecule has 1 atom stereocenters. The summed E-state index contributed by atoms with van der Waals surface area (Å²) in [6.07, 6.45) is 4.59. The summed E-state index contributed by atoms with van der Waals surface area (Å²) in [5, 5.41) is 8.09. The Labute approximate surface area is 114 Å². The van der Waals surface area contributed by atoms with Crippen molar-refractivity contribution in [3.8, 4) is 5.69 Å². The molecule has 1 saturated heterocycles. The second-order valence-corrected chi connectivity index (χ2v) is 5.43. The fourth-order valence-electron chi connectivity index (χ4n) is 2.98. The topological polar surface area (TPSA) is 29.9 Å². The van der Waals surface area contributed by atoms with Crippen molar-refractivity contribution >= 4 is 0 Å². The van der Waals surface area contributed by atoms with E-state index in [1.807, 2.05) is 0 Å². The van der Waals surface area contributed by atoms with E-state index in [9.17, 15) is 0 Å². The molecular formula is C16H21N3. The van der Waals surface area contributed by atoms with Gasteiger partial charge in [-0.2, -0.15) is 5.10 Å². The van der Waals surface area contributed by atoms with Gasteiger partial charge < -0.3 is 5.32 Å². The summed E-state index contributed by atoms with van der Waals surface area (Å²) < 4.78 is 2.08. The summed E-state index contributed by atoms with van der Waals surface area (Å²) in [7, 11) is 0. The highest BCUT2D eigenvalue weighted by atomic mass is 15.3. The molecule has 2 heterocycles. The van der Waals surface area contributed by atoms with Crippen molar-refractivity contribution in [2.75, 3.05) is 13.1 Å². The first kappa shape index (κ1) is 12.4. The average molecular weight is 255 g/mol. The maximum atomic E-state index is 4.61. The van der Waals surface area contributed by atoms with Crippen molar-refractivity contribution in [3.63, 3.8) is 0 Å². The molecule has 1 fully saturated rings. The van der Waals surface area contributed by atoms with Crippen LogP contribution in [0.1, 0.15) is 35.6 Å². The number of benzene rings is 1. The Balaban J connectivity index is 1.97. The Morgan fingerprint density at radius 2 is 2.11 bits per heavy atom. The Bertz CT molecular complexity index is 565. The van der Waals surface area contributed by atoms with Crippen LogP contribution < -0.4 is 5.32 Å². The molecule has 3 rings (SSSR count). The first-order valence-electron chi connectivity index (χ1n) is 7.08. The lowest BCUT2D eigenvalue weighted by atomic mass is 9.92. The number of piperidine rings is 1. The first-order chi connectivity index (χ1) is 9.27. The third kappa shape index (κ3) is 2.30. The second-order valence-electron chi connectivity index (χ2n) is 5.43. The van der Waals surface area contributed by atoms with Gasteiger partial charge in [0, 0.05) is 12.2 Å². The molecule has 0 aliphatic carbocycles. The van der Waals surface area contributed by atoms with Crippen LogP contribution >= 0.6 is 0 Å². The lowest BCUT2D eigenvalue weighted by Gasteiger charge is -2.22. The number of para-hydroxylation sites is 1. The van der Waals surface area contributed by atoms with E-state index >= 15 is 0 Å². The summed E-state index contributed by atoms with van der Waals surface area (Å²) in [5.74, 6) is 0.617. The highest BCUT2D eigenvalue weighted by Crippen LogP contribution is 2.27. The molecule has 0 bridgehead atoms. The highest BCUT2D eigenvalue weighted by Gasteiger charge is 2.20. The third-order valence-corrected chi connectivity index (χ3v) is 4.13. The van der Waals surface area contributed by atoms with E-state index in [4.69, 9.17) is 0 Å². The summed E-state index contributed by atoms with van der Waals surface area (Å²) in [4.78, 5) is 0. The number of hydrogen-bond donors (Lipinski definition) is 1. The van der Waals surface area contributed by atoms with Crippen molar-refractivity contribution in [2.45, 2.75) is 32.6 Å². The number of aromatic nitrogens is 2. The Kier molecular flexibility index (Phi) is 3.38. The minimum Gasteiger partial charge on any atom is -0.316 e. The molecule has 1 aliphatic heterocycles. The van der Waals surface area contributed by atoms with E-state index in [1.165, 1.54) is 35.3 Å². The summed E-state index contributed by atoms with van der Waals surface area (Å²) >= 11 is 0. The molecule has 3 heteroatoms. The zero-order valence-electron chi connectivity index (χ0n) is 11.7. The van der Waals surface area contributed by atoms with Gasteiger partial charge in [-0.1, -0.05) is 18.2 Å². The smallest absolute Gasteiger partial charge is 0.0677 e. The number of nitrogens with zero attached hydrogens (tertiary/aromatic N) is 2. The van der Waals surface area contributed by atoms with Crippen LogP contribution in [0.4, 0.5) is 0 Å².